The zero-order valence-corrected chi connectivity index (χ0v) is 32.2. The van der Waals surface area contributed by atoms with Gasteiger partial charge in [0.1, 0.15) is 6.10 Å². The maximum absolute atomic E-state index is 15.0. The maximum atomic E-state index is 15.0. The van der Waals surface area contributed by atoms with E-state index in [9.17, 15) is 4.79 Å². The molecule has 47 heavy (non-hydrogen) atoms. The van der Waals surface area contributed by atoms with Crippen molar-refractivity contribution in [2.24, 2.45) is 0 Å². The monoisotopic (exact) mass is 673 g/mol. The lowest BCUT2D eigenvalue weighted by molar-refractivity contribution is -0.182. The molecule has 3 aromatic rings. The topological polar surface area (TPSA) is 48.0 Å². The zero-order valence-electron chi connectivity index (χ0n) is 30.2. The van der Waals surface area contributed by atoms with E-state index in [1.807, 2.05) is 12.1 Å². The molecule has 0 amide bonds. The van der Waals surface area contributed by atoms with E-state index in [0.717, 1.165) is 54.9 Å². The predicted molar refractivity (Wildman–Crippen MR) is 199 cm³/mol. The lowest BCUT2D eigenvalue weighted by Gasteiger charge is -2.46. The number of ether oxygens (including phenoxy) is 1. The lowest BCUT2D eigenvalue weighted by Crippen LogP contribution is -2.54. The van der Waals surface area contributed by atoms with E-state index in [0.29, 0.717) is 6.54 Å². The summed E-state index contributed by atoms with van der Waals surface area (Å²) in [6.07, 6.45) is 3.05. The minimum atomic E-state index is -2.35. The summed E-state index contributed by atoms with van der Waals surface area (Å²) >= 11 is 0. The maximum Gasteiger partial charge on any atom is 0.336 e. The largest absolute Gasteiger partial charge is 0.460 e. The number of esters is 1. The van der Waals surface area contributed by atoms with Gasteiger partial charge in [-0.2, -0.15) is 5.06 Å². The van der Waals surface area contributed by atoms with Crippen molar-refractivity contribution in [3.8, 4) is 0 Å². The highest BCUT2D eigenvalue weighted by atomic mass is 28.4. The molecule has 0 aromatic heterocycles. The van der Waals surface area contributed by atoms with Crippen LogP contribution in [-0.4, -0.2) is 39.9 Å². The van der Waals surface area contributed by atoms with Gasteiger partial charge in [-0.1, -0.05) is 139 Å². The molecule has 256 valence electrons. The first kappa shape index (κ1) is 37.3. The number of benzene rings is 3. The van der Waals surface area contributed by atoms with Crippen LogP contribution in [0.25, 0.3) is 0 Å². The second kappa shape index (κ2) is 16.7. The van der Waals surface area contributed by atoms with E-state index in [1.165, 1.54) is 5.56 Å². The van der Waals surface area contributed by atoms with Gasteiger partial charge in [0.05, 0.1) is 6.04 Å². The average molecular weight is 674 g/mol. The summed E-state index contributed by atoms with van der Waals surface area (Å²) in [6, 6.07) is 33.7. The van der Waals surface area contributed by atoms with E-state index in [1.54, 1.807) is 0 Å². The molecule has 0 heterocycles. The quantitative estimate of drug-likeness (QED) is 0.0913. The smallest absolute Gasteiger partial charge is 0.336 e. The van der Waals surface area contributed by atoms with Crippen LogP contribution in [-0.2, 0) is 25.0 Å². The van der Waals surface area contributed by atoms with Gasteiger partial charge >= 0.3 is 5.97 Å². The zero-order chi connectivity index (χ0) is 34.1. The summed E-state index contributed by atoms with van der Waals surface area (Å²) in [4.78, 5) is 15.0. The van der Waals surface area contributed by atoms with Gasteiger partial charge in [-0.15, -0.1) is 0 Å². The molecule has 5 nitrogen and oxygen atoms in total. The minimum Gasteiger partial charge on any atom is -0.460 e. The first-order valence-corrected chi connectivity index (χ1v) is 23.3. The molecule has 1 aliphatic carbocycles. The number of nitrogens with zero attached hydrogens (tertiary/aromatic N) is 1. The van der Waals surface area contributed by atoms with E-state index >= 15 is 0 Å². The van der Waals surface area contributed by atoms with Crippen molar-refractivity contribution in [1.29, 1.82) is 0 Å². The molecule has 1 aliphatic rings. The van der Waals surface area contributed by atoms with Crippen molar-refractivity contribution < 1.29 is 18.5 Å². The van der Waals surface area contributed by atoms with Crippen molar-refractivity contribution in [1.82, 2.24) is 5.06 Å². The molecule has 0 N–H and O–H groups in total. The summed E-state index contributed by atoms with van der Waals surface area (Å²) in [5.41, 5.74) is 3.37. The van der Waals surface area contributed by atoms with Crippen LogP contribution < -0.4 is 0 Å². The first-order valence-electron chi connectivity index (χ1n) is 17.9. The fourth-order valence-electron chi connectivity index (χ4n) is 6.57. The van der Waals surface area contributed by atoms with Crippen LogP contribution in [0.4, 0.5) is 0 Å². The normalized spacial score (nSPS) is 18.9. The third-order valence-electron chi connectivity index (χ3n) is 10.8. The summed E-state index contributed by atoms with van der Waals surface area (Å²) in [6.45, 7) is 18.5. The van der Waals surface area contributed by atoms with E-state index in [-0.39, 0.29) is 23.0 Å². The fraction of sp³-hybridized carbons (Fsp3) is 0.525. The summed E-state index contributed by atoms with van der Waals surface area (Å²) in [5.74, 6) is -0.0880. The Kier molecular flexibility index (Phi) is 13.2. The third-order valence-corrected chi connectivity index (χ3v) is 19.7. The first-order chi connectivity index (χ1) is 22.4. The van der Waals surface area contributed by atoms with E-state index in [4.69, 9.17) is 13.7 Å². The predicted octanol–water partition coefficient (Wildman–Crippen LogP) is 10.8. The van der Waals surface area contributed by atoms with Gasteiger partial charge in [-0.25, -0.2) is 4.79 Å². The molecule has 1 saturated carbocycles. The molecule has 4 rings (SSSR count). The van der Waals surface area contributed by atoms with Gasteiger partial charge in [0, 0.05) is 12.5 Å². The lowest BCUT2D eigenvalue weighted by atomic mass is 9.81. The Hall–Kier alpha value is -2.56. The molecular weight excluding hydrogens is 615 g/mol. The van der Waals surface area contributed by atoms with Crippen molar-refractivity contribution in [2.45, 2.75) is 134 Å². The minimum absolute atomic E-state index is 0.0419. The molecule has 0 spiro atoms. The van der Waals surface area contributed by atoms with Gasteiger partial charge < -0.3 is 13.7 Å². The Labute approximate surface area is 287 Å². The van der Waals surface area contributed by atoms with Gasteiger partial charge in [-0.05, 0) is 72.2 Å². The molecule has 0 saturated heterocycles. The third kappa shape index (κ3) is 9.54. The van der Waals surface area contributed by atoms with Crippen molar-refractivity contribution in [3.63, 3.8) is 0 Å². The average Bonchev–Trinajstić information content (AvgIpc) is 3.07. The number of carbonyl (C=O) groups excluding carboxylic acids is 1. The van der Waals surface area contributed by atoms with Gasteiger partial charge in [-0.3, -0.25) is 0 Å². The second-order valence-electron chi connectivity index (χ2n) is 14.8. The second-order valence-corrected chi connectivity index (χ2v) is 24.3. The Morgan fingerprint density at radius 3 is 1.89 bits per heavy atom. The van der Waals surface area contributed by atoms with Crippen LogP contribution in [0.5, 0.6) is 0 Å². The molecule has 7 heteroatoms. The number of rotatable bonds is 15. The van der Waals surface area contributed by atoms with Crippen LogP contribution in [0.2, 0.25) is 36.3 Å². The van der Waals surface area contributed by atoms with Crippen molar-refractivity contribution in [2.75, 3.05) is 0 Å². The van der Waals surface area contributed by atoms with Crippen LogP contribution in [0.1, 0.15) is 95.9 Å². The highest BCUT2D eigenvalue weighted by molar-refractivity contribution is 6.74. The molecular formula is C40H59NO4Si2. The van der Waals surface area contributed by atoms with Gasteiger partial charge in [0.2, 0.25) is 8.32 Å². The molecule has 0 aliphatic heterocycles. The van der Waals surface area contributed by atoms with Gasteiger partial charge in [0.25, 0.3) is 0 Å². The van der Waals surface area contributed by atoms with Crippen LogP contribution in [0.15, 0.2) is 91.0 Å². The molecule has 1 fully saturated rings. The number of hydrogen-bond acceptors (Lipinski definition) is 5. The van der Waals surface area contributed by atoms with Gasteiger partial charge in [0.15, 0.2) is 14.4 Å². The summed E-state index contributed by atoms with van der Waals surface area (Å²) in [7, 11) is -4.64. The molecule has 3 aromatic carbocycles. The highest BCUT2D eigenvalue weighted by Crippen LogP contribution is 2.42. The Morgan fingerprint density at radius 1 is 0.809 bits per heavy atom. The summed E-state index contributed by atoms with van der Waals surface area (Å²) < 4.78 is 21.3. The van der Waals surface area contributed by atoms with Crippen LogP contribution >= 0.6 is 0 Å². The molecule has 0 unspecified atom stereocenters. The Balaban J connectivity index is 1.84. The van der Waals surface area contributed by atoms with Crippen molar-refractivity contribution in [3.05, 3.63) is 108 Å². The standard InChI is InChI=1S/C40H59NO4Si2/c1-9-47(10-2,11-3)44-38(39(42)43-36-30-22-21-29-35(36)33-25-17-13-18-26-33)37(34-27-19-14-20-28-34)41(31-32-23-15-12-16-24-32)45-46(7,8)40(4,5)6/h12-20,23-28,35-38H,9-11,21-22,29-31H2,1-8H3/t35-,36+,37-,38-/m0/s1. The van der Waals surface area contributed by atoms with E-state index < -0.39 is 28.8 Å². The SMILES string of the molecule is CC[Si](CC)(CC)O[C@H](C(=O)O[C@@H]1CCCC[C@H]1c1ccccc1)[C@H](c1ccccc1)N(Cc1ccccc1)O[Si](C)(C)C(C)(C)C. The molecule has 4 atom stereocenters. The Bertz CT molecular complexity index is 1350. The molecule has 0 radical (unpaired) electrons. The Morgan fingerprint density at radius 2 is 1.34 bits per heavy atom. The fourth-order valence-corrected chi connectivity index (χ4v) is 10.4. The number of carbonyl (C=O) groups is 1. The van der Waals surface area contributed by atoms with Crippen LogP contribution in [0.3, 0.4) is 0 Å². The van der Waals surface area contributed by atoms with E-state index in [2.05, 4.69) is 139 Å². The van der Waals surface area contributed by atoms with Crippen molar-refractivity contribution >= 4 is 22.6 Å². The summed E-state index contributed by atoms with van der Waals surface area (Å²) in [5, 5.41) is 2.05. The van der Waals surface area contributed by atoms with Crippen LogP contribution in [0, 0.1) is 0 Å². The number of hydroxylamine groups is 2. The highest BCUT2D eigenvalue weighted by Gasteiger charge is 2.47. The molecule has 0 bridgehead atoms. The number of hydrogen-bond donors (Lipinski definition) is 0.